The van der Waals surface area contributed by atoms with Gasteiger partial charge in [0.15, 0.2) is 0 Å². The summed E-state index contributed by atoms with van der Waals surface area (Å²) >= 11 is 0. The Morgan fingerprint density at radius 1 is 0.500 bits per heavy atom. The standard InChI is InChI=1S/C73H89B4F6N7O16/c1-45-27-51(33-59(29-45)74(98)99)66(94)86-39-47-13-6-8-15-49(47)41-89(68(96)53-31-57(72(78,79)80)37-61(35-53)76(102)103)43-64(92)84-25-11-4-5-17-55-19-20-56-21-22-71(56,88-106)24-23-70(55,3)63(91)18-10-12-26-85-65(93)44-90(69(97)54-32-58(73(81,82)83)38-62(36-54)77(104)105)42-50-16-9-7-14-48(50)40-87-67(95)52-28-46(2)30-60(34-52)75(100)101/h6-9,13-16,27-38,55-56,63,88,91,98-106H,4-5,10-12,17-26,39-44H2,1-3H3,(H,84,92)(H,85,93)(H,86,94)(H,87,95). The van der Waals surface area contributed by atoms with Gasteiger partial charge in [-0.1, -0.05) is 104 Å². The van der Waals surface area contributed by atoms with Gasteiger partial charge in [-0.3, -0.25) is 28.8 Å². The van der Waals surface area contributed by atoms with E-state index in [1.807, 2.05) is 6.92 Å². The van der Waals surface area contributed by atoms with Crippen molar-refractivity contribution in [1.82, 2.24) is 36.5 Å². The van der Waals surface area contributed by atoms with E-state index in [-0.39, 0.29) is 73.2 Å². The molecule has 106 heavy (non-hydrogen) atoms. The van der Waals surface area contributed by atoms with Crippen molar-refractivity contribution in [3.8, 4) is 0 Å². The average molecular weight is 1480 g/mol. The minimum atomic E-state index is -5.02. The summed E-state index contributed by atoms with van der Waals surface area (Å²) in [5.74, 6) is -4.48. The van der Waals surface area contributed by atoms with Crippen LogP contribution < -0.4 is 48.6 Å². The van der Waals surface area contributed by atoms with Crippen LogP contribution in [-0.4, -0.2) is 162 Å². The average Bonchev–Trinajstić information content (AvgIpc) is 0.757. The summed E-state index contributed by atoms with van der Waals surface area (Å²) in [6, 6.07) is 25.4. The fourth-order valence-corrected chi connectivity index (χ4v) is 14.3. The van der Waals surface area contributed by atoms with Crippen LogP contribution in [0.15, 0.2) is 121 Å². The first-order valence-corrected chi connectivity index (χ1v) is 35.1. The van der Waals surface area contributed by atoms with Crippen LogP contribution >= 0.6 is 0 Å². The zero-order chi connectivity index (χ0) is 77.4. The van der Waals surface area contributed by atoms with Gasteiger partial charge >= 0.3 is 40.8 Å². The second kappa shape index (κ2) is 36.9. The lowest BCUT2D eigenvalue weighted by Gasteiger charge is -2.54. The van der Waals surface area contributed by atoms with E-state index in [0.717, 1.165) is 47.6 Å². The summed E-state index contributed by atoms with van der Waals surface area (Å²) in [5.41, 5.74) is -0.521. The second-order valence-corrected chi connectivity index (χ2v) is 28.0. The molecule has 6 aromatic rings. The van der Waals surface area contributed by atoms with E-state index in [0.29, 0.717) is 115 Å². The van der Waals surface area contributed by atoms with Gasteiger partial charge in [0, 0.05) is 67.1 Å². The molecule has 0 bridgehead atoms. The Bertz CT molecular complexity index is 4080. The van der Waals surface area contributed by atoms with Crippen molar-refractivity contribution in [3.05, 3.63) is 188 Å². The predicted octanol–water partition coefficient (Wildman–Crippen LogP) is 3.55. The Hall–Kier alpha value is -8.46. The first kappa shape index (κ1) is 83.2. The van der Waals surface area contributed by atoms with Crippen molar-refractivity contribution in [2.45, 2.75) is 154 Å². The fourth-order valence-electron chi connectivity index (χ4n) is 14.3. The normalized spacial score (nSPS) is 17.5. The lowest BCUT2D eigenvalue weighted by molar-refractivity contribution is -0.138. The summed E-state index contributed by atoms with van der Waals surface area (Å²) in [6.45, 7) is 3.17. The van der Waals surface area contributed by atoms with Gasteiger partial charge in [-0.05, 0) is 194 Å². The van der Waals surface area contributed by atoms with Crippen molar-refractivity contribution in [2.75, 3.05) is 26.2 Å². The number of alkyl halides is 6. The van der Waals surface area contributed by atoms with Crippen molar-refractivity contribution in [2.24, 2.45) is 17.3 Å². The van der Waals surface area contributed by atoms with Crippen molar-refractivity contribution in [3.63, 3.8) is 0 Å². The number of hydrogen-bond donors (Lipinski definition) is 15. The topological polar surface area (TPSA) is 371 Å². The number of aliphatic hydroxyl groups is 1. The molecule has 2 saturated carbocycles. The van der Waals surface area contributed by atoms with E-state index in [4.69, 9.17) is 0 Å². The Morgan fingerprint density at radius 3 is 1.32 bits per heavy atom. The molecule has 0 spiro atoms. The third-order valence-corrected chi connectivity index (χ3v) is 20.4. The van der Waals surface area contributed by atoms with Crippen LogP contribution in [0.25, 0.3) is 0 Å². The summed E-state index contributed by atoms with van der Waals surface area (Å²) in [5, 5.41) is 113. The monoisotopic (exact) mass is 1480 g/mol. The van der Waals surface area contributed by atoms with Gasteiger partial charge in [0.1, 0.15) is 13.1 Å². The number of aryl methyl sites for hydroxylation is 2. The van der Waals surface area contributed by atoms with Crippen LogP contribution in [0, 0.1) is 31.1 Å². The lowest BCUT2D eigenvalue weighted by Crippen LogP contribution is -2.59. The molecule has 33 heteroatoms. The molecule has 2 aliphatic carbocycles. The van der Waals surface area contributed by atoms with Crippen LogP contribution in [0.3, 0.4) is 0 Å². The fraction of sp³-hybridized carbons (Fsp3) is 0.425. The Balaban J connectivity index is 0.895. The minimum Gasteiger partial charge on any atom is -0.423 e. The molecule has 0 heterocycles. The molecule has 2 fully saturated rings. The highest BCUT2D eigenvalue weighted by molar-refractivity contribution is 6.60. The molecule has 5 atom stereocenters. The molecule has 6 amide bonds. The number of carbonyl (C=O) groups excluding carboxylic acids is 6. The number of fused-ring (bicyclic) bond motifs is 1. The van der Waals surface area contributed by atoms with Gasteiger partial charge in [-0.2, -0.15) is 31.8 Å². The highest BCUT2D eigenvalue weighted by Crippen LogP contribution is 2.54. The maximum absolute atomic E-state index is 14.4. The van der Waals surface area contributed by atoms with Gasteiger partial charge in [0.05, 0.1) is 17.2 Å². The molecule has 0 radical (unpaired) electrons. The smallest absolute Gasteiger partial charge is 0.423 e. The van der Waals surface area contributed by atoms with Crippen LogP contribution in [-0.2, 0) is 48.1 Å². The summed E-state index contributed by atoms with van der Waals surface area (Å²) < 4.78 is 85.1. The Morgan fingerprint density at radius 2 is 0.915 bits per heavy atom. The molecule has 0 aliphatic heterocycles. The van der Waals surface area contributed by atoms with Crippen molar-refractivity contribution in [1.29, 1.82) is 0 Å². The maximum atomic E-state index is 14.4. The third-order valence-electron chi connectivity index (χ3n) is 20.4. The minimum absolute atomic E-state index is 0.00879. The summed E-state index contributed by atoms with van der Waals surface area (Å²) in [7, 11) is -8.49. The van der Waals surface area contributed by atoms with Crippen LogP contribution in [0.5, 0.6) is 0 Å². The number of halogens is 6. The maximum Gasteiger partial charge on any atom is 0.488 e. The van der Waals surface area contributed by atoms with Crippen molar-refractivity contribution >= 4 is 85.8 Å². The van der Waals surface area contributed by atoms with Crippen molar-refractivity contribution < 1.29 is 106 Å². The third kappa shape index (κ3) is 22.3. The molecule has 0 aromatic heterocycles. The molecule has 6 aromatic carbocycles. The van der Waals surface area contributed by atoms with E-state index in [1.165, 1.54) is 36.4 Å². The quantitative estimate of drug-likeness (QED) is 0.0121. The molecule has 23 nitrogen and oxygen atoms in total. The highest BCUT2D eigenvalue weighted by Gasteiger charge is 2.52. The number of nitrogens with zero attached hydrogens (tertiary/aromatic N) is 2. The molecule has 566 valence electrons. The number of carbonyl (C=O) groups is 6. The number of rotatable bonds is 33. The second-order valence-electron chi connectivity index (χ2n) is 28.0. The molecular weight excluding hydrogens is 1390 g/mol. The first-order valence-electron chi connectivity index (χ1n) is 35.1. The highest BCUT2D eigenvalue weighted by atomic mass is 19.4. The zero-order valence-electron chi connectivity index (χ0n) is 59.0. The number of unbranched alkanes of at least 4 members (excludes halogenated alkanes) is 3. The summed E-state index contributed by atoms with van der Waals surface area (Å²) in [6.07, 6.45) is -3.15. The van der Waals surface area contributed by atoms with Gasteiger partial charge in [-0.15, -0.1) is 0 Å². The van der Waals surface area contributed by atoms with E-state index < -0.39 is 140 Å². The van der Waals surface area contributed by atoms with Crippen LogP contribution in [0.1, 0.15) is 176 Å². The predicted molar refractivity (Wildman–Crippen MR) is 384 cm³/mol. The van der Waals surface area contributed by atoms with Crippen LogP contribution in [0.4, 0.5) is 26.3 Å². The molecular formula is C73H89B4F6N7O16. The molecule has 0 saturated heterocycles. The molecule has 2 aliphatic rings. The number of nitrogens with one attached hydrogen (secondary N) is 5. The first-order chi connectivity index (χ1) is 50.1. The van der Waals surface area contributed by atoms with Gasteiger partial charge in [0.2, 0.25) is 11.8 Å². The van der Waals surface area contributed by atoms with Gasteiger partial charge in [-0.25, -0.2) is 0 Å². The lowest BCUT2D eigenvalue weighted by atomic mass is 9.55. The number of hydrogen-bond acceptors (Lipinski definition) is 17. The van der Waals surface area contributed by atoms with Gasteiger partial charge < -0.3 is 81.6 Å². The Kier molecular flexibility index (Phi) is 29.0. The number of hydroxylamine groups is 1. The Labute approximate surface area is 611 Å². The van der Waals surface area contributed by atoms with E-state index in [1.54, 1.807) is 62.4 Å². The number of aliphatic hydroxyl groups excluding tert-OH is 1. The van der Waals surface area contributed by atoms with E-state index in [2.05, 4.69) is 26.7 Å². The zero-order valence-corrected chi connectivity index (χ0v) is 59.0. The van der Waals surface area contributed by atoms with Crippen LogP contribution in [0.2, 0.25) is 0 Å². The molecule has 15 N–H and O–H groups in total. The van der Waals surface area contributed by atoms with E-state index in [9.17, 15) is 106 Å². The molecule has 8 rings (SSSR count). The largest absolute Gasteiger partial charge is 0.488 e. The SMILES string of the molecule is Cc1cc(B(O)O)cc(C(=O)NCc2ccccc2CN(CC(=O)NCCCCCC2CCC3CCC3(NO)CCC2(C)C(O)CCCCNC(=O)CN(Cc2ccccc2CNC(=O)c2cc(C)cc(B(O)O)c2)C(=O)c2cc(B(O)O)cc(C(F)(F)F)c2)C(=O)c2cc(B(O)O)cc(C(F)(F)F)c2)c1. The molecule has 5 unspecified atom stereocenters. The number of benzene rings is 6. The summed E-state index contributed by atoms with van der Waals surface area (Å²) in [4.78, 5) is 85.2. The van der Waals surface area contributed by atoms with E-state index >= 15 is 0 Å². The van der Waals surface area contributed by atoms with Gasteiger partial charge in [0.25, 0.3) is 23.6 Å². The number of amides is 6.